The molecule has 0 atom stereocenters. The summed E-state index contributed by atoms with van der Waals surface area (Å²) in [6.45, 7) is 1.77. The molecule has 1 aromatic carbocycles. The molecular weight excluding hydrogens is 221 g/mol. The molecule has 1 N–H and O–H groups in total. The van der Waals surface area contributed by atoms with Crippen LogP contribution < -0.4 is 5.56 Å². The van der Waals surface area contributed by atoms with Crippen molar-refractivity contribution in [3.8, 4) is 0 Å². The quantitative estimate of drug-likeness (QED) is 0.807. The number of halogens is 1. The lowest BCUT2D eigenvalue weighted by atomic mass is 10.1. The first kappa shape index (κ1) is 11.4. The highest BCUT2D eigenvalue weighted by Gasteiger charge is 2.05. The van der Waals surface area contributed by atoms with Gasteiger partial charge in [-0.3, -0.25) is 4.79 Å². The van der Waals surface area contributed by atoms with Gasteiger partial charge in [0.25, 0.3) is 5.56 Å². The van der Waals surface area contributed by atoms with Crippen LogP contribution in [0.25, 0.3) is 0 Å². The van der Waals surface area contributed by atoms with Gasteiger partial charge in [-0.25, -0.2) is 4.39 Å². The fourth-order valence-electron chi connectivity index (χ4n) is 1.75. The molecule has 0 spiro atoms. The Morgan fingerprint density at radius 3 is 2.76 bits per heavy atom. The van der Waals surface area contributed by atoms with Gasteiger partial charge in [-0.1, -0.05) is 12.1 Å². The lowest BCUT2D eigenvalue weighted by molar-refractivity contribution is 0.166. The molecule has 88 valence electrons. The predicted octanol–water partition coefficient (Wildman–Crippen LogP) is 2.12. The van der Waals surface area contributed by atoms with E-state index < -0.39 is 5.56 Å². The van der Waals surface area contributed by atoms with Crippen LogP contribution in [0.1, 0.15) is 16.8 Å². The third kappa shape index (κ3) is 2.53. The number of rotatable bonds is 2. The first-order valence-corrected chi connectivity index (χ1v) is 5.22. The molecule has 1 aromatic heterocycles. The van der Waals surface area contributed by atoms with Crippen LogP contribution in [-0.2, 0) is 6.42 Å². The second-order valence-electron chi connectivity index (χ2n) is 3.98. The second kappa shape index (κ2) is 4.41. The zero-order valence-corrected chi connectivity index (χ0v) is 9.35. The molecular formula is C13H12FNO2. The van der Waals surface area contributed by atoms with Crippen LogP contribution in [0, 0.1) is 12.7 Å². The molecule has 2 rings (SSSR count). The number of aryl methyl sites for hydroxylation is 1. The van der Waals surface area contributed by atoms with Gasteiger partial charge in [0.1, 0.15) is 5.82 Å². The number of benzene rings is 1. The summed E-state index contributed by atoms with van der Waals surface area (Å²) in [5.41, 5.74) is 1.45. The summed E-state index contributed by atoms with van der Waals surface area (Å²) in [6.07, 6.45) is 0.311. The van der Waals surface area contributed by atoms with Gasteiger partial charge < -0.3 is 5.21 Å². The lowest BCUT2D eigenvalue weighted by Crippen LogP contribution is -2.21. The molecule has 1 heterocycles. The monoisotopic (exact) mass is 233 g/mol. The molecule has 0 radical (unpaired) electrons. The maximum atomic E-state index is 13.0. The van der Waals surface area contributed by atoms with Gasteiger partial charge in [0, 0.05) is 12.5 Å². The molecule has 0 aliphatic carbocycles. The number of hydrogen-bond donors (Lipinski definition) is 1. The van der Waals surface area contributed by atoms with Crippen LogP contribution in [-0.4, -0.2) is 9.94 Å². The van der Waals surface area contributed by atoms with E-state index >= 15 is 0 Å². The summed E-state index contributed by atoms with van der Waals surface area (Å²) in [6, 6.07) is 9.12. The van der Waals surface area contributed by atoms with Crippen molar-refractivity contribution in [3.05, 3.63) is 69.4 Å². The van der Waals surface area contributed by atoms with Crippen LogP contribution in [0.5, 0.6) is 0 Å². The highest BCUT2D eigenvalue weighted by molar-refractivity contribution is 5.25. The summed E-state index contributed by atoms with van der Waals surface area (Å²) in [5, 5.41) is 9.56. The van der Waals surface area contributed by atoms with E-state index in [1.807, 2.05) is 0 Å². The minimum atomic E-state index is -0.476. The average molecular weight is 233 g/mol. The molecule has 0 unspecified atom stereocenters. The Bertz CT molecular complexity index is 605. The Morgan fingerprint density at radius 2 is 2.06 bits per heavy atom. The molecule has 0 saturated heterocycles. The maximum Gasteiger partial charge on any atom is 0.283 e. The SMILES string of the molecule is Cc1cc(Cc2cccc(F)c2)n(O)c(=O)c1. The topological polar surface area (TPSA) is 42.2 Å². The van der Waals surface area contributed by atoms with E-state index in [0.29, 0.717) is 22.4 Å². The van der Waals surface area contributed by atoms with E-state index in [1.165, 1.54) is 18.2 Å². The molecule has 0 amide bonds. The van der Waals surface area contributed by atoms with Crippen molar-refractivity contribution in [2.75, 3.05) is 0 Å². The van der Waals surface area contributed by atoms with E-state index in [0.717, 1.165) is 5.56 Å². The summed E-state index contributed by atoms with van der Waals surface area (Å²) < 4.78 is 13.6. The first-order chi connectivity index (χ1) is 8.06. The van der Waals surface area contributed by atoms with Crippen LogP contribution in [0.4, 0.5) is 4.39 Å². The number of pyridine rings is 1. The van der Waals surface area contributed by atoms with Crippen LogP contribution in [0.2, 0.25) is 0 Å². The molecule has 4 heteroatoms. The fourth-order valence-corrected chi connectivity index (χ4v) is 1.75. The lowest BCUT2D eigenvalue weighted by Gasteiger charge is -2.07. The third-order valence-electron chi connectivity index (χ3n) is 2.50. The highest BCUT2D eigenvalue weighted by Crippen LogP contribution is 2.10. The summed E-state index contributed by atoms with van der Waals surface area (Å²) in [4.78, 5) is 11.4. The molecule has 0 aliphatic heterocycles. The highest BCUT2D eigenvalue weighted by atomic mass is 19.1. The van der Waals surface area contributed by atoms with Gasteiger partial charge >= 0.3 is 0 Å². The zero-order valence-electron chi connectivity index (χ0n) is 9.35. The van der Waals surface area contributed by atoms with Gasteiger partial charge in [0.05, 0.1) is 5.69 Å². The smallest absolute Gasteiger partial charge is 0.283 e. The van der Waals surface area contributed by atoms with Crippen molar-refractivity contribution in [2.45, 2.75) is 13.3 Å². The number of hydrogen-bond acceptors (Lipinski definition) is 2. The molecule has 0 aliphatic rings. The van der Waals surface area contributed by atoms with Gasteiger partial charge in [-0.15, -0.1) is 0 Å². The van der Waals surface area contributed by atoms with Gasteiger partial charge in [0.2, 0.25) is 0 Å². The predicted molar refractivity (Wildman–Crippen MR) is 61.8 cm³/mol. The van der Waals surface area contributed by atoms with Crippen molar-refractivity contribution < 1.29 is 9.60 Å². The Balaban J connectivity index is 2.39. The van der Waals surface area contributed by atoms with E-state index in [4.69, 9.17) is 0 Å². The van der Waals surface area contributed by atoms with E-state index in [2.05, 4.69) is 0 Å². The standard InChI is InChI=1S/C13H12FNO2/c1-9-5-12(15(17)13(16)6-9)8-10-3-2-4-11(14)7-10/h2-7,17H,8H2,1H3. The van der Waals surface area contributed by atoms with Gasteiger partial charge in [-0.2, -0.15) is 4.73 Å². The summed E-state index contributed by atoms with van der Waals surface area (Å²) in [7, 11) is 0. The molecule has 2 aromatic rings. The minimum absolute atomic E-state index is 0.311. The Hall–Kier alpha value is -2.10. The maximum absolute atomic E-state index is 13.0. The van der Waals surface area contributed by atoms with Gasteiger partial charge in [0.15, 0.2) is 0 Å². The second-order valence-corrected chi connectivity index (χ2v) is 3.98. The largest absolute Gasteiger partial charge is 0.425 e. The Morgan fingerprint density at radius 1 is 1.29 bits per heavy atom. The zero-order chi connectivity index (χ0) is 12.4. The molecule has 3 nitrogen and oxygen atoms in total. The van der Waals surface area contributed by atoms with Crippen molar-refractivity contribution in [3.63, 3.8) is 0 Å². The summed E-state index contributed by atoms with van der Waals surface area (Å²) in [5.74, 6) is -0.331. The third-order valence-corrected chi connectivity index (χ3v) is 2.50. The van der Waals surface area contributed by atoms with Crippen molar-refractivity contribution in [1.29, 1.82) is 0 Å². The van der Waals surface area contributed by atoms with Gasteiger partial charge in [-0.05, 0) is 36.2 Å². The Kier molecular flexibility index (Phi) is 2.95. The minimum Gasteiger partial charge on any atom is -0.425 e. The average Bonchev–Trinajstić information content (AvgIpc) is 2.25. The first-order valence-electron chi connectivity index (χ1n) is 5.22. The fraction of sp³-hybridized carbons (Fsp3) is 0.154. The van der Waals surface area contributed by atoms with E-state index in [1.54, 1.807) is 25.1 Å². The van der Waals surface area contributed by atoms with Crippen LogP contribution in [0.15, 0.2) is 41.2 Å². The Labute approximate surface area is 97.7 Å². The van der Waals surface area contributed by atoms with Crippen molar-refractivity contribution >= 4 is 0 Å². The summed E-state index contributed by atoms with van der Waals surface area (Å²) >= 11 is 0. The van der Waals surface area contributed by atoms with E-state index in [9.17, 15) is 14.4 Å². The number of nitrogens with zero attached hydrogens (tertiary/aromatic N) is 1. The molecule has 0 saturated carbocycles. The molecule has 17 heavy (non-hydrogen) atoms. The number of aromatic nitrogens is 1. The normalized spacial score (nSPS) is 10.5. The van der Waals surface area contributed by atoms with Crippen LogP contribution >= 0.6 is 0 Å². The molecule has 0 bridgehead atoms. The van der Waals surface area contributed by atoms with E-state index in [-0.39, 0.29) is 5.82 Å². The molecule has 0 fully saturated rings. The van der Waals surface area contributed by atoms with Crippen molar-refractivity contribution in [1.82, 2.24) is 4.73 Å². The van der Waals surface area contributed by atoms with Crippen molar-refractivity contribution in [2.24, 2.45) is 0 Å². The van der Waals surface area contributed by atoms with Crippen LogP contribution in [0.3, 0.4) is 0 Å².